The number of hydrogen-bond donors (Lipinski definition) is 1. The third-order valence-corrected chi connectivity index (χ3v) is 3.51. The minimum absolute atomic E-state index is 0.163. The molecule has 0 aliphatic heterocycles. The zero-order chi connectivity index (χ0) is 15.2. The van der Waals surface area contributed by atoms with E-state index in [-0.39, 0.29) is 11.5 Å². The number of nitrogens with one attached hydrogen (secondary N) is 1. The van der Waals surface area contributed by atoms with Crippen LogP contribution in [0.3, 0.4) is 0 Å². The van der Waals surface area contributed by atoms with Crippen molar-refractivity contribution in [2.24, 2.45) is 0 Å². The normalized spacial score (nSPS) is 14.9. The highest BCUT2D eigenvalue weighted by atomic mass is 16.5. The predicted octanol–water partition coefficient (Wildman–Crippen LogP) is 4.53. The van der Waals surface area contributed by atoms with Gasteiger partial charge in [0.05, 0.1) is 0 Å². The minimum atomic E-state index is 0.163. The van der Waals surface area contributed by atoms with Crippen LogP contribution in [0.15, 0.2) is 24.3 Å². The van der Waals surface area contributed by atoms with Crippen LogP contribution in [-0.2, 0) is 5.41 Å². The van der Waals surface area contributed by atoms with E-state index in [1.165, 1.54) is 18.4 Å². The highest BCUT2D eigenvalue weighted by molar-refractivity contribution is 5.32. The molecule has 2 heteroatoms. The van der Waals surface area contributed by atoms with Gasteiger partial charge in [-0.1, -0.05) is 46.2 Å². The summed E-state index contributed by atoms with van der Waals surface area (Å²) in [6, 6.07) is 9.01. The van der Waals surface area contributed by atoms with Crippen LogP contribution >= 0.6 is 0 Å². The van der Waals surface area contributed by atoms with Crippen molar-refractivity contribution in [2.45, 2.75) is 71.9 Å². The highest BCUT2D eigenvalue weighted by Gasteiger charge is 2.14. The van der Waals surface area contributed by atoms with Gasteiger partial charge in [0.2, 0.25) is 0 Å². The Balaban J connectivity index is 2.52. The van der Waals surface area contributed by atoms with Crippen LogP contribution in [0, 0.1) is 0 Å². The first-order chi connectivity index (χ1) is 9.32. The van der Waals surface area contributed by atoms with E-state index in [0.717, 1.165) is 12.3 Å². The summed E-state index contributed by atoms with van der Waals surface area (Å²) in [5.41, 5.74) is 1.48. The van der Waals surface area contributed by atoms with Crippen LogP contribution in [0.5, 0.6) is 5.75 Å². The zero-order valence-electron chi connectivity index (χ0n) is 14.0. The molecular weight excluding hydrogens is 246 g/mol. The summed E-state index contributed by atoms with van der Waals surface area (Å²) in [7, 11) is 0. The molecule has 0 saturated carbocycles. The molecule has 0 fully saturated rings. The van der Waals surface area contributed by atoms with E-state index in [0.29, 0.717) is 6.04 Å². The molecule has 2 unspecified atom stereocenters. The Hall–Kier alpha value is -1.02. The van der Waals surface area contributed by atoms with Crippen molar-refractivity contribution in [3.8, 4) is 5.75 Å². The fourth-order valence-corrected chi connectivity index (χ4v) is 2.21. The number of ether oxygens (including phenoxy) is 1. The van der Waals surface area contributed by atoms with Gasteiger partial charge >= 0.3 is 0 Å². The lowest BCUT2D eigenvalue weighted by molar-refractivity contribution is 0.211. The van der Waals surface area contributed by atoms with E-state index in [9.17, 15) is 0 Å². The molecule has 0 radical (unpaired) electrons. The Morgan fingerprint density at radius 1 is 1.20 bits per heavy atom. The summed E-state index contributed by atoms with van der Waals surface area (Å²) >= 11 is 0. The molecule has 0 aliphatic rings. The molecule has 1 rings (SSSR count). The Labute approximate surface area is 124 Å². The average Bonchev–Trinajstić information content (AvgIpc) is 2.36. The Morgan fingerprint density at radius 2 is 1.90 bits per heavy atom. The molecule has 114 valence electrons. The molecule has 0 aliphatic carbocycles. The molecular formula is C18H31NO. The SMILES string of the molecule is CCCC(C)NCC(C)Oc1cccc(C(C)(C)C)c1. The first-order valence-electron chi connectivity index (χ1n) is 7.83. The lowest BCUT2D eigenvalue weighted by Gasteiger charge is -2.22. The first-order valence-corrected chi connectivity index (χ1v) is 7.83. The molecule has 0 aromatic heterocycles. The molecule has 2 atom stereocenters. The largest absolute Gasteiger partial charge is 0.489 e. The lowest BCUT2D eigenvalue weighted by Crippen LogP contribution is -2.35. The van der Waals surface area contributed by atoms with Gasteiger partial charge in [0.25, 0.3) is 0 Å². The van der Waals surface area contributed by atoms with E-state index in [1.54, 1.807) is 0 Å². The second kappa shape index (κ2) is 7.68. The van der Waals surface area contributed by atoms with Crippen molar-refractivity contribution >= 4 is 0 Å². The Morgan fingerprint density at radius 3 is 2.50 bits per heavy atom. The second-order valence-electron chi connectivity index (χ2n) is 6.80. The maximum atomic E-state index is 6.02. The minimum Gasteiger partial charge on any atom is -0.489 e. The van der Waals surface area contributed by atoms with Gasteiger partial charge < -0.3 is 10.1 Å². The van der Waals surface area contributed by atoms with Gasteiger partial charge in [0, 0.05) is 12.6 Å². The van der Waals surface area contributed by atoms with Crippen LogP contribution in [0.4, 0.5) is 0 Å². The van der Waals surface area contributed by atoms with E-state index in [2.05, 4.69) is 65.1 Å². The lowest BCUT2D eigenvalue weighted by atomic mass is 9.87. The van der Waals surface area contributed by atoms with Gasteiger partial charge in [-0.3, -0.25) is 0 Å². The summed E-state index contributed by atoms with van der Waals surface area (Å²) in [5, 5.41) is 3.52. The van der Waals surface area contributed by atoms with Crippen molar-refractivity contribution in [1.29, 1.82) is 0 Å². The number of rotatable bonds is 7. The van der Waals surface area contributed by atoms with Gasteiger partial charge in [-0.2, -0.15) is 0 Å². The summed E-state index contributed by atoms with van der Waals surface area (Å²) in [6.07, 6.45) is 2.62. The third kappa shape index (κ3) is 5.96. The summed E-state index contributed by atoms with van der Waals surface area (Å²) in [5.74, 6) is 0.967. The standard InChI is InChI=1S/C18H31NO/c1-7-9-14(2)19-13-15(3)20-17-11-8-10-16(12-17)18(4,5)6/h8,10-12,14-15,19H,7,9,13H2,1-6H3. The maximum Gasteiger partial charge on any atom is 0.120 e. The van der Waals surface area contributed by atoms with Gasteiger partial charge in [0.1, 0.15) is 11.9 Å². The topological polar surface area (TPSA) is 21.3 Å². The van der Waals surface area contributed by atoms with E-state index < -0.39 is 0 Å². The number of benzene rings is 1. The first kappa shape index (κ1) is 17.0. The molecule has 20 heavy (non-hydrogen) atoms. The molecule has 1 N–H and O–H groups in total. The fourth-order valence-electron chi connectivity index (χ4n) is 2.21. The second-order valence-corrected chi connectivity index (χ2v) is 6.80. The molecule has 1 aromatic rings. The summed E-state index contributed by atoms with van der Waals surface area (Å²) < 4.78 is 6.02. The molecule has 2 nitrogen and oxygen atoms in total. The monoisotopic (exact) mass is 277 g/mol. The van der Waals surface area contributed by atoms with Crippen molar-refractivity contribution in [3.05, 3.63) is 29.8 Å². The van der Waals surface area contributed by atoms with E-state index >= 15 is 0 Å². The highest BCUT2D eigenvalue weighted by Crippen LogP contribution is 2.25. The third-order valence-electron chi connectivity index (χ3n) is 3.51. The summed E-state index contributed by atoms with van der Waals surface area (Å²) in [6.45, 7) is 14.1. The van der Waals surface area contributed by atoms with E-state index in [1.807, 2.05) is 6.07 Å². The molecule has 0 amide bonds. The number of hydrogen-bond acceptors (Lipinski definition) is 2. The molecule has 1 aromatic carbocycles. The Bertz CT molecular complexity index is 395. The summed E-state index contributed by atoms with van der Waals surface area (Å²) in [4.78, 5) is 0. The smallest absolute Gasteiger partial charge is 0.120 e. The van der Waals surface area contributed by atoms with Crippen LogP contribution in [0.1, 0.15) is 59.9 Å². The van der Waals surface area contributed by atoms with Crippen LogP contribution in [0.25, 0.3) is 0 Å². The predicted molar refractivity (Wildman–Crippen MR) is 87.6 cm³/mol. The van der Waals surface area contributed by atoms with Gasteiger partial charge in [-0.25, -0.2) is 0 Å². The van der Waals surface area contributed by atoms with Crippen molar-refractivity contribution in [3.63, 3.8) is 0 Å². The molecule has 0 heterocycles. The molecule has 0 saturated heterocycles. The maximum absolute atomic E-state index is 6.02. The average molecular weight is 277 g/mol. The molecule has 0 bridgehead atoms. The molecule has 0 spiro atoms. The van der Waals surface area contributed by atoms with Gasteiger partial charge in [0.15, 0.2) is 0 Å². The van der Waals surface area contributed by atoms with Crippen LogP contribution in [-0.4, -0.2) is 18.7 Å². The van der Waals surface area contributed by atoms with Crippen LogP contribution < -0.4 is 10.1 Å². The van der Waals surface area contributed by atoms with Gasteiger partial charge in [-0.05, 0) is 43.4 Å². The Kier molecular flexibility index (Phi) is 6.54. The van der Waals surface area contributed by atoms with Crippen molar-refractivity contribution < 1.29 is 4.74 Å². The van der Waals surface area contributed by atoms with E-state index in [4.69, 9.17) is 4.74 Å². The fraction of sp³-hybridized carbons (Fsp3) is 0.667. The van der Waals surface area contributed by atoms with Crippen molar-refractivity contribution in [2.75, 3.05) is 6.54 Å². The van der Waals surface area contributed by atoms with Crippen LogP contribution in [0.2, 0.25) is 0 Å². The van der Waals surface area contributed by atoms with Gasteiger partial charge in [-0.15, -0.1) is 0 Å². The zero-order valence-corrected chi connectivity index (χ0v) is 14.0. The quantitative estimate of drug-likeness (QED) is 0.790. The van der Waals surface area contributed by atoms with Crippen molar-refractivity contribution in [1.82, 2.24) is 5.32 Å².